The molecule has 1 aromatic carbocycles. The summed E-state index contributed by atoms with van der Waals surface area (Å²) in [5.74, 6) is 0.106. The van der Waals surface area contributed by atoms with Crippen molar-refractivity contribution in [3.63, 3.8) is 0 Å². The zero-order valence-corrected chi connectivity index (χ0v) is 8.67. The topological polar surface area (TPSA) is 17.1 Å². The standard InChI is InChI=1S/C12H10OS/c1-9-3-2-4-10(7-9)12(13)11-5-6-14-8-11/h2-8H,1H3. The van der Waals surface area contributed by atoms with E-state index < -0.39 is 0 Å². The minimum Gasteiger partial charge on any atom is -0.289 e. The lowest BCUT2D eigenvalue weighted by Gasteiger charge is -1.99. The molecule has 0 radical (unpaired) electrons. The molecule has 0 fully saturated rings. The van der Waals surface area contributed by atoms with Gasteiger partial charge >= 0.3 is 0 Å². The highest BCUT2D eigenvalue weighted by Crippen LogP contribution is 2.13. The number of aryl methyl sites for hydroxylation is 1. The molecule has 70 valence electrons. The number of hydrogen-bond donors (Lipinski definition) is 0. The maximum absolute atomic E-state index is 11.9. The van der Waals surface area contributed by atoms with Crippen LogP contribution in [-0.4, -0.2) is 5.78 Å². The normalized spacial score (nSPS) is 10.1. The van der Waals surface area contributed by atoms with Gasteiger partial charge in [-0.3, -0.25) is 4.79 Å². The predicted molar refractivity (Wildman–Crippen MR) is 58.9 cm³/mol. The van der Waals surface area contributed by atoms with Gasteiger partial charge in [0.15, 0.2) is 5.78 Å². The molecule has 1 nitrogen and oxygen atoms in total. The van der Waals surface area contributed by atoms with E-state index in [1.54, 1.807) is 11.3 Å². The van der Waals surface area contributed by atoms with Crippen molar-refractivity contribution in [3.8, 4) is 0 Å². The van der Waals surface area contributed by atoms with Gasteiger partial charge in [0.2, 0.25) is 0 Å². The lowest BCUT2D eigenvalue weighted by molar-refractivity contribution is 0.103. The van der Waals surface area contributed by atoms with Crippen molar-refractivity contribution >= 4 is 17.1 Å². The molecule has 2 aromatic rings. The van der Waals surface area contributed by atoms with Crippen molar-refractivity contribution in [2.24, 2.45) is 0 Å². The highest BCUT2D eigenvalue weighted by Gasteiger charge is 2.08. The fourth-order valence-corrected chi connectivity index (χ4v) is 1.98. The van der Waals surface area contributed by atoms with Gasteiger partial charge in [-0.25, -0.2) is 0 Å². The van der Waals surface area contributed by atoms with E-state index in [4.69, 9.17) is 0 Å². The first kappa shape index (κ1) is 9.16. The Morgan fingerprint density at radius 2 is 2.07 bits per heavy atom. The first-order valence-corrected chi connectivity index (χ1v) is 5.35. The van der Waals surface area contributed by atoms with Crippen molar-refractivity contribution in [2.75, 3.05) is 0 Å². The van der Waals surface area contributed by atoms with E-state index >= 15 is 0 Å². The summed E-state index contributed by atoms with van der Waals surface area (Å²) in [5.41, 5.74) is 2.66. The molecule has 0 spiro atoms. The van der Waals surface area contributed by atoms with Crippen LogP contribution in [0.3, 0.4) is 0 Å². The van der Waals surface area contributed by atoms with Gasteiger partial charge in [-0.2, -0.15) is 11.3 Å². The van der Waals surface area contributed by atoms with Crippen LogP contribution < -0.4 is 0 Å². The van der Waals surface area contributed by atoms with Crippen molar-refractivity contribution in [1.82, 2.24) is 0 Å². The quantitative estimate of drug-likeness (QED) is 0.683. The van der Waals surface area contributed by atoms with Gasteiger partial charge in [0.25, 0.3) is 0 Å². The van der Waals surface area contributed by atoms with Gasteiger partial charge in [-0.15, -0.1) is 0 Å². The van der Waals surface area contributed by atoms with Crippen molar-refractivity contribution in [2.45, 2.75) is 6.92 Å². The van der Waals surface area contributed by atoms with Crippen LogP contribution in [-0.2, 0) is 0 Å². The molecule has 0 amide bonds. The third-order valence-electron chi connectivity index (χ3n) is 2.06. The first-order chi connectivity index (χ1) is 6.77. The van der Waals surface area contributed by atoms with Gasteiger partial charge in [0.05, 0.1) is 0 Å². The molecule has 0 aliphatic carbocycles. The highest BCUT2D eigenvalue weighted by atomic mass is 32.1. The molecule has 0 N–H and O–H groups in total. The van der Waals surface area contributed by atoms with E-state index in [2.05, 4.69) is 0 Å². The van der Waals surface area contributed by atoms with Crippen LogP contribution in [0.15, 0.2) is 41.1 Å². The van der Waals surface area contributed by atoms with E-state index in [1.807, 2.05) is 48.0 Å². The van der Waals surface area contributed by atoms with Crippen LogP contribution in [0.1, 0.15) is 21.5 Å². The van der Waals surface area contributed by atoms with Gasteiger partial charge in [-0.1, -0.05) is 23.8 Å². The molecule has 0 saturated carbocycles. The summed E-state index contributed by atoms with van der Waals surface area (Å²) in [7, 11) is 0. The molecule has 0 aliphatic rings. The largest absolute Gasteiger partial charge is 0.289 e. The van der Waals surface area contributed by atoms with Gasteiger partial charge in [0, 0.05) is 16.5 Å². The Morgan fingerprint density at radius 3 is 2.71 bits per heavy atom. The van der Waals surface area contributed by atoms with Crippen LogP contribution in [0.25, 0.3) is 0 Å². The number of hydrogen-bond acceptors (Lipinski definition) is 2. The Hall–Kier alpha value is -1.41. The predicted octanol–water partition coefficient (Wildman–Crippen LogP) is 3.29. The monoisotopic (exact) mass is 202 g/mol. The van der Waals surface area contributed by atoms with E-state index in [1.165, 1.54) is 0 Å². The lowest BCUT2D eigenvalue weighted by atomic mass is 10.0. The maximum Gasteiger partial charge on any atom is 0.193 e. The number of rotatable bonds is 2. The minimum absolute atomic E-state index is 0.106. The Labute approximate surface area is 87.0 Å². The number of benzene rings is 1. The molecule has 0 atom stereocenters. The average Bonchev–Trinajstić information content (AvgIpc) is 2.69. The number of ketones is 1. The average molecular weight is 202 g/mol. The SMILES string of the molecule is Cc1cccc(C(=O)c2ccsc2)c1. The van der Waals surface area contributed by atoms with E-state index in [0.29, 0.717) is 0 Å². The summed E-state index contributed by atoms with van der Waals surface area (Å²) < 4.78 is 0. The fraction of sp³-hybridized carbons (Fsp3) is 0.0833. The molecule has 2 rings (SSSR count). The molecule has 0 bridgehead atoms. The smallest absolute Gasteiger partial charge is 0.193 e. The zero-order chi connectivity index (χ0) is 9.97. The Bertz CT molecular complexity index is 443. The lowest BCUT2D eigenvalue weighted by Crippen LogP contribution is -1.99. The number of carbonyl (C=O) groups is 1. The molecular formula is C12H10OS. The number of carbonyl (C=O) groups excluding carboxylic acids is 1. The van der Waals surface area contributed by atoms with E-state index in [9.17, 15) is 4.79 Å². The summed E-state index contributed by atoms with van der Waals surface area (Å²) in [4.78, 5) is 11.9. The molecule has 2 heteroatoms. The van der Waals surface area contributed by atoms with Crippen molar-refractivity contribution in [3.05, 3.63) is 57.8 Å². The molecule has 14 heavy (non-hydrogen) atoms. The third-order valence-corrected chi connectivity index (χ3v) is 2.75. The van der Waals surface area contributed by atoms with E-state index in [-0.39, 0.29) is 5.78 Å². The Balaban J connectivity index is 2.37. The van der Waals surface area contributed by atoms with Crippen LogP contribution >= 0.6 is 11.3 Å². The second-order valence-electron chi connectivity index (χ2n) is 3.21. The summed E-state index contributed by atoms with van der Waals surface area (Å²) in [6.07, 6.45) is 0. The van der Waals surface area contributed by atoms with Crippen LogP contribution in [0.2, 0.25) is 0 Å². The van der Waals surface area contributed by atoms with Crippen molar-refractivity contribution < 1.29 is 4.79 Å². The third kappa shape index (κ3) is 1.75. The van der Waals surface area contributed by atoms with Gasteiger partial charge < -0.3 is 0 Å². The molecule has 0 aliphatic heterocycles. The summed E-state index contributed by atoms with van der Waals surface area (Å²) in [6, 6.07) is 9.53. The first-order valence-electron chi connectivity index (χ1n) is 4.41. The van der Waals surface area contributed by atoms with Gasteiger partial charge in [0.1, 0.15) is 0 Å². The molecule has 1 heterocycles. The van der Waals surface area contributed by atoms with Gasteiger partial charge in [-0.05, 0) is 24.4 Å². The maximum atomic E-state index is 11.9. The molecule has 0 saturated heterocycles. The summed E-state index contributed by atoms with van der Waals surface area (Å²) in [6.45, 7) is 1.99. The number of thiophene rings is 1. The van der Waals surface area contributed by atoms with E-state index in [0.717, 1.165) is 16.7 Å². The summed E-state index contributed by atoms with van der Waals surface area (Å²) in [5, 5.41) is 3.80. The van der Waals surface area contributed by atoms with Crippen LogP contribution in [0.5, 0.6) is 0 Å². The molecule has 1 aromatic heterocycles. The zero-order valence-electron chi connectivity index (χ0n) is 7.86. The molecular weight excluding hydrogens is 192 g/mol. The second-order valence-corrected chi connectivity index (χ2v) is 3.99. The van der Waals surface area contributed by atoms with Crippen molar-refractivity contribution in [1.29, 1.82) is 0 Å². The summed E-state index contributed by atoms with van der Waals surface area (Å²) >= 11 is 1.55. The Morgan fingerprint density at radius 1 is 1.21 bits per heavy atom. The second kappa shape index (κ2) is 3.76. The van der Waals surface area contributed by atoms with Crippen LogP contribution in [0, 0.1) is 6.92 Å². The molecule has 0 unspecified atom stereocenters. The Kier molecular flexibility index (Phi) is 2.46. The van der Waals surface area contributed by atoms with Crippen LogP contribution in [0.4, 0.5) is 0 Å². The minimum atomic E-state index is 0.106. The highest BCUT2D eigenvalue weighted by molar-refractivity contribution is 7.08. The fourth-order valence-electron chi connectivity index (χ4n) is 1.35.